The summed E-state index contributed by atoms with van der Waals surface area (Å²) in [4.78, 5) is 22.2. The summed E-state index contributed by atoms with van der Waals surface area (Å²) >= 11 is 6.62. The average molecular weight is 268 g/mol. The summed E-state index contributed by atoms with van der Waals surface area (Å²) in [5, 5.41) is 10.6. The molecule has 0 fully saturated rings. The number of hydrogen-bond donors (Lipinski definition) is 0. The van der Waals surface area contributed by atoms with Gasteiger partial charge in [0.1, 0.15) is 0 Å². The molecular weight excluding hydrogens is 262 g/mol. The molecule has 6 heteroatoms. The standard InChI is InChI=1S/C11H6ClNO3S/c12-11-8(13(15)16)6-9(17-11)10(14)7-4-2-1-3-5-7/h1-6H. The molecule has 0 saturated carbocycles. The highest BCUT2D eigenvalue weighted by Crippen LogP contribution is 2.34. The topological polar surface area (TPSA) is 60.2 Å². The highest BCUT2D eigenvalue weighted by atomic mass is 35.5. The predicted octanol–water partition coefficient (Wildman–Crippen LogP) is 3.54. The second-order valence-electron chi connectivity index (χ2n) is 3.22. The van der Waals surface area contributed by atoms with Gasteiger partial charge in [0, 0.05) is 11.6 Å². The van der Waals surface area contributed by atoms with Crippen LogP contribution in [0.25, 0.3) is 0 Å². The summed E-state index contributed by atoms with van der Waals surface area (Å²) in [5.74, 6) is -0.259. The fourth-order valence-corrected chi connectivity index (χ4v) is 2.51. The molecule has 2 rings (SSSR count). The molecule has 0 saturated heterocycles. The van der Waals surface area contributed by atoms with Gasteiger partial charge >= 0.3 is 0 Å². The van der Waals surface area contributed by atoms with Crippen molar-refractivity contribution >= 4 is 34.4 Å². The van der Waals surface area contributed by atoms with Crippen molar-refractivity contribution in [2.45, 2.75) is 0 Å². The van der Waals surface area contributed by atoms with Gasteiger partial charge in [-0.15, -0.1) is 11.3 Å². The molecule has 1 heterocycles. The number of carbonyl (C=O) groups excluding carboxylic acids is 1. The molecule has 0 aliphatic rings. The number of carbonyl (C=O) groups is 1. The Balaban J connectivity index is 2.39. The van der Waals surface area contributed by atoms with Gasteiger partial charge in [-0.05, 0) is 0 Å². The highest BCUT2D eigenvalue weighted by Gasteiger charge is 2.21. The van der Waals surface area contributed by atoms with Crippen LogP contribution in [0.2, 0.25) is 4.34 Å². The number of thiophene rings is 1. The lowest BCUT2D eigenvalue weighted by Crippen LogP contribution is -1.97. The van der Waals surface area contributed by atoms with Gasteiger partial charge in [-0.2, -0.15) is 0 Å². The molecule has 0 amide bonds. The molecule has 0 aliphatic carbocycles. The number of hydrogen-bond acceptors (Lipinski definition) is 4. The van der Waals surface area contributed by atoms with E-state index in [1.54, 1.807) is 30.3 Å². The normalized spacial score (nSPS) is 10.2. The lowest BCUT2D eigenvalue weighted by Gasteiger charge is -1.95. The van der Waals surface area contributed by atoms with Crippen LogP contribution in [-0.4, -0.2) is 10.7 Å². The third-order valence-corrected chi connectivity index (χ3v) is 3.46. The average Bonchev–Trinajstić information content (AvgIpc) is 2.71. The zero-order valence-corrected chi connectivity index (χ0v) is 9.99. The minimum absolute atomic E-state index is 0.0225. The zero-order chi connectivity index (χ0) is 12.4. The van der Waals surface area contributed by atoms with Crippen LogP contribution >= 0.6 is 22.9 Å². The molecule has 0 aliphatic heterocycles. The van der Waals surface area contributed by atoms with Crippen molar-refractivity contribution in [1.82, 2.24) is 0 Å². The first-order valence-electron chi connectivity index (χ1n) is 4.63. The number of ketones is 1. The Hall–Kier alpha value is -1.72. The first-order chi connectivity index (χ1) is 8.09. The van der Waals surface area contributed by atoms with E-state index >= 15 is 0 Å². The molecule has 2 aromatic rings. The van der Waals surface area contributed by atoms with Gasteiger partial charge in [-0.25, -0.2) is 0 Å². The van der Waals surface area contributed by atoms with Crippen LogP contribution in [-0.2, 0) is 0 Å². The van der Waals surface area contributed by atoms with Gasteiger partial charge in [-0.1, -0.05) is 41.9 Å². The number of benzene rings is 1. The molecule has 1 aromatic heterocycles. The van der Waals surface area contributed by atoms with Gasteiger partial charge in [0.05, 0.1) is 9.80 Å². The van der Waals surface area contributed by atoms with Crippen molar-refractivity contribution in [3.63, 3.8) is 0 Å². The number of nitro groups is 1. The molecule has 0 atom stereocenters. The summed E-state index contributed by atoms with van der Waals surface area (Å²) < 4.78 is 0.0225. The van der Waals surface area contributed by atoms with Crippen LogP contribution in [0.4, 0.5) is 5.69 Å². The second-order valence-corrected chi connectivity index (χ2v) is 4.88. The van der Waals surface area contributed by atoms with Crippen molar-refractivity contribution < 1.29 is 9.72 Å². The van der Waals surface area contributed by atoms with Crippen LogP contribution in [0.5, 0.6) is 0 Å². The van der Waals surface area contributed by atoms with Crippen LogP contribution in [0.1, 0.15) is 15.2 Å². The summed E-state index contributed by atoms with van der Waals surface area (Å²) in [6.45, 7) is 0. The van der Waals surface area contributed by atoms with E-state index in [1.807, 2.05) is 0 Å². The molecule has 86 valence electrons. The van der Waals surface area contributed by atoms with Gasteiger partial charge in [-0.3, -0.25) is 14.9 Å². The number of nitrogens with zero attached hydrogens (tertiary/aromatic N) is 1. The van der Waals surface area contributed by atoms with Gasteiger partial charge in [0.2, 0.25) is 5.78 Å². The Bertz CT molecular complexity index is 580. The smallest absolute Gasteiger partial charge is 0.288 e. The SMILES string of the molecule is O=C(c1ccccc1)c1cc([N+](=O)[O-])c(Cl)s1. The molecule has 0 N–H and O–H groups in total. The molecule has 0 radical (unpaired) electrons. The Kier molecular flexibility index (Phi) is 3.21. The maximum Gasteiger partial charge on any atom is 0.299 e. The largest absolute Gasteiger partial charge is 0.299 e. The lowest BCUT2D eigenvalue weighted by molar-refractivity contribution is -0.384. The minimum Gasteiger partial charge on any atom is -0.288 e. The Morgan fingerprint density at radius 3 is 2.47 bits per heavy atom. The van der Waals surface area contributed by atoms with Crippen molar-refractivity contribution in [1.29, 1.82) is 0 Å². The molecule has 0 bridgehead atoms. The molecular formula is C11H6ClNO3S. The highest BCUT2D eigenvalue weighted by molar-refractivity contribution is 7.18. The van der Waals surface area contributed by atoms with Crippen LogP contribution in [0.3, 0.4) is 0 Å². The lowest BCUT2D eigenvalue weighted by atomic mass is 10.1. The maximum atomic E-state index is 12.0. The van der Waals surface area contributed by atoms with E-state index in [0.29, 0.717) is 5.56 Å². The monoisotopic (exact) mass is 267 g/mol. The summed E-state index contributed by atoms with van der Waals surface area (Å²) in [6.07, 6.45) is 0. The fraction of sp³-hybridized carbons (Fsp3) is 0. The van der Waals surface area contributed by atoms with Crippen molar-refractivity contribution in [2.24, 2.45) is 0 Å². The second kappa shape index (κ2) is 4.65. The summed E-state index contributed by atoms with van der Waals surface area (Å²) in [7, 11) is 0. The van der Waals surface area contributed by atoms with Crippen LogP contribution in [0.15, 0.2) is 36.4 Å². The molecule has 0 spiro atoms. The molecule has 1 aromatic carbocycles. The molecule has 17 heavy (non-hydrogen) atoms. The Labute approximate surface area is 106 Å². The van der Waals surface area contributed by atoms with E-state index in [2.05, 4.69) is 0 Å². The number of rotatable bonds is 3. The first kappa shape index (κ1) is 11.8. The predicted molar refractivity (Wildman–Crippen MR) is 65.9 cm³/mol. The van der Waals surface area contributed by atoms with E-state index in [0.717, 1.165) is 11.3 Å². The minimum atomic E-state index is -0.597. The first-order valence-corrected chi connectivity index (χ1v) is 5.82. The quantitative estimate of drug-likeness (QED) is 0.485. The van der Waals surface area contributed by atoms with Crippen molar-refractivity contribution in [2.75, 3.05) is 0 Å². The maximum absolute atomic E-state index is 12.0. The van der Waals surface area contributed by atoms with E-state index in [1.165, 1.54) is 6.07 Å². The summed E-state index contributed by atoms with van der Waals surface area (Å²) in [5.41, 5.74) is 0.260. The molecule has 0 unspecified atom stereocenters. The summed E-state index contributed by atoms with van der Waals surface area (Å²) in [6, 6.07) is 9.78. The van der Waals surface area contributed by atoms with Gasteiger partial charge < -0.3 is 0 Å². The van der Waals surface area contributed by atoms with Crippen molar-refractivity contribution in [3.8, 4) is 0 Å². The van der Waals surface area contributed by atoms with E-state index in [-0.39, 0.29) is 20.7 Å². The fourth-order valence-electron chi connectivity index (χ4n) is 1.33. The Morgan fingerprint density at radius 1 is 1.29 bits per heavy atom. The van der Waals surface area contributed by atoms with Crippen molar-refractivity contribution in [3.05, 3.63) is 61.3 Å². The zero-order valence-electron chi connectivity index (χ0n) is 8.42. The molecule has 4 nitrogen and oxygen atoms in total. The van der Waals surface area contributed by atoms with E-state index in [4.69, 9.17) is 11.6 Å². The van der Waals surface area contributed by atoms with Gasteiger partial charge in [0.15, 0.2) is 4.34 Å². The van der Waals surface area contributed by atoms with Crippen LogP contribution in [0, 0.1) is 10.1 Å². The van der Waals surface area contributed by atoms with E-state index in [9.17, 15) is 14.9 Å². The van der Waals surface area contributed by atoms with Gasteiger partial charge in [0.25, 0.3) is 5.69 Å². The third-order valence-electron chi connectivity index (χ3n) is 2.13. The van der Waals surface area contributed by atoms with E-state index < -0.39 is 4.92 Å². The van der Waals surface area contributed by atoms with Crippen LogP contribution < -0.4 is 0 Å². The Morgan fingerprint density at radius 2 is 1.94 bits per heavy atom. The number of halogens is 1. The third kappa shape index (κ3) is 2.35.